The molecule has 0 aliphatic heterocycles. The van der Waals surface area contributed by atoms with Gasteiger partial charge in [0, 0.05) is 36.5 Å². The summed E-state index contributed by atoms with van der Waals surface area (Å²) in [4.78, 5) is 22.7. The van der Waals surface area contributed by atoms with E-state index in [1.54, 1.807) is 24.3 Å². The van der Waals surface area contributed by atoms with Crippen LogP contribution in [0, 0.1) is 24.0 Å². The number of aryl methyl sites for hydroxylation is 1. The molecule has 0 aliphatic rings. The highest BCUT2D eigenvalue weighted by molar-refractivity contribution is 5.92. The van der Waals surface area contributed by atoms with Gasteiger partial charge < -0.3 is 10.6 Å². The number of para-hydroxylation sites is 3. The highest BCUT2D eigenvalue weighted by atomic mass is 16.6. The zero-order chi connectivity index (χ0) is 21.5. The number of nitro groups is 1. The predicted octanol–water partition coefficient (Wildman–Crippen LogP) is 3.64. The van der Waals surface area contributed by atoms with Crippen LogP contribution in [0.2, 0.25) is 0 Å². The lowest BCUT2D eigenvalue weighted by Crippen LogP contribution is -2.27. The lowest BCUT2D eigenvalue weighted by Gasteiger charge is -2.07. The van der Waals surface area contributed by atoms with E-state index in [0.717, 1.165) is 22.6 Å². The maximum Gasteiger partial charge on any atom is 0.292 e. The largest absolute Gasteiger partial charge is 0.378 e. The molecule has 0 aliphatic carbocycles. The van der Waals surface area contributed by atoms with Crippen molar-refractivity contribution in [1.82, 2.24) is 15.1 Å². The molecule has 0 unspecified atom stereocenters. The van der Waals surface area contributed by atoms with Crippen LogP contribution in [0.1, 0.15) is 17.0 Å². The van der Waals surface area contributed by atoms with Crippen LogP contribution >= 0.6 is 0 Å². The standard InChI is InChI=1S/C22H23N5O3/c1-16-19(17(2)26(25-16)18-8-4-3-5-9-18)12-13-22(28)24-15-14-23-20-10-6-7-11-21(20)27(29)30/h3-13,23H,14-15H2,1-2H3,(H,24,28)/b13-12+. The molecule has 8 heteroatoms. The summed E-state index contributed by atoms with van der Waals surface area (Å²) in [6.45, 7) is 4.56. The fraction of sp³-hybridized carbons (Fsp3) is 0.182. The van der Waals surface area contributed by atoms with Crippen molar-refractivity contribution in [2.75, 3.05) is 18.4 Å². The van der Waals surface area contributed by atoms with Gasteiger partial charge in [0.1, 0.15) is 5.69 Å². The van der Waals surface area contributed by atoms with Gasteiger partial charge >= 0.3 is 0 Å². The maximum atomic E-state index is 12.1. The van der Waals surface area contributed by atoms with Crippen molar-refractivity contribution in [1.29, 1.82) is 0 Å². The minimum Gasteiger partial charge on any atom is -0.378 e. The monoisotopic (exact) mass is 405 g/mol. The molecule has 0 saturated heterocycles. The third-order valence-electron chi connectivity index (χ3n) is 4.59. The van der Waals surface area contributed by atoms with E-state index in [-0.39, 0.29) is 11.6 Å². The first-order chi connectivity index (χ1) is 14.5. The quantitative estimate of drug-likeness (QED) is 0.258. The number of nitrogens with zero attached hydrogens (tertiary/aromatic N) is 3. The van der Waals surface area contributed by atoms with Crippen molar-refractivity contribution in [2.24, 2.45) is 0 Å². The Hall–Kier alpha value is -3.94. The number of anilines is 1. The van der Waals surface area contributed by atoms with Crippen LogP contribution in [-0.2, 0) is 4.79 Å². The summed E-state index contributed by atoms with van der Waals surface area (Å²) in [5, 5.41) is 21.3. The Bertz CT molecular complexity index is 1070. The zero-order valence-corrected chi connectivity index (χ0v) is 16.8. The van der Waals surface area contributed by atoms with E-state index in [1.807, 2.05) is 48.9 Å². The number of amides is 1. The van der Waals surface area contributed by atoms with Crippen molar-refractivity contribution >= 4 is 23.4 Å². The summed E-state index contributed by atoms with van der Waals surface area (Å²) >= 11 is 0. The Labute approximate surface area is 174 Å². The minimum atomic E-state index is -0.441. The molecule has 0 saturated carbocycles. The molecule has 3 rings (SSSR count). The Balaban J connectivity index is 1.56. The summed E-state index contributed by atoms with van der Waals surface area (Å²) in [6.07, 6.45) is 3.22. The molecule has 1 amide bonds. The van der Waals surface area contributed by atoms with Crippen molar-refractivity contribution in [3.63, 3.8) is 0 Å². The first kappa shape index (κ1) is 20.8. The topological polar surface area (TPSA) is 102 Å². The van der Waals surface area contributed by atoms with Gasteiger partial charge in [0.15, 0.2) is 0 Å². The number of carbonyl (C=O) groups is 1. The molecule has 0 spiro atoms. The molecular formula is C22H23N5O3. The van der Waals surface area contributed by atoms with E-state index < -0.39 is 4.92 Å². The number of carbonyl (C=O) groups excluding carboxylic acids is 1. The fourth-order valence-electron chi connectivity index (χ4n) is 3.10. The molecule has 1 heterocycles. The van der Waals surface area contributed by atoms with Crippen molar-refractivity contribution < 1.29 is 9.72 Å². The first-order valence-corrected chi connectivity index (χ1v) is 9.52. The highest BCUT2D eigenvalue weighted by Gasteiger charge is 2.12. The molecule has 2 N–H and O–H groups in total. The Morgan fingerprint density at radius 1 is 1.10 bits per heavy atom. The van der Waals surface area contributed by atoms with Crippen LogP contribution in [0.3, 0.4) is 0 Å². The van der Waals surface area contributed by atoms with Crippen LogP contribution in [0.25, 0.3) is 11.8 Å². The van der Waals surface area contributed by atoms with Crippen LogP contribution in [0.15, 0.2) is 60.7 Å². The molecule has 8 nitrogen and oxygen atoms in total. The van der Waals surface area contributed by atoms with Crippen molar-refractivity contribution in [3.05, 3.63) is 87.7 Å². The first-order valence-electron chi connectivity index (χ1n) is 9.52. The Morgan fingerprint density at radius 2 is 1.80 bits per heavy atom. The third kappa shape index (κ3) is 4.91. The van der Waals surface area contributed by atoms with E-state index in [1.165, 1.54) is 12.1 Å². The summed E-state index contributed by atoms with van der Waals surface area (Å²) < 4.78 is 1.85. The summed E-state index contributed by atoms with van der Waals surface area (Å²) in [7, 11) is 0. The van der Waals surface area contributed by atoms with Crippen LogP contribution in [0.5, 0.6) is 0 Å². The Morgan fingerprint density at radius 3 is 2.53 bits per heavy atom. The van der Waals surface area contributed by atoms with Gasteiger partial charge in [0.05, 0.1) is 16.3 Å². The van der Waals surface area contributed by atoms with E-state index >= 15 is 0 Å². The van der Waals surface area contributed by atoms with E-state index in [4.69, 9.17) is 0 Å². The molecule has 0 radical (unpaired) electrons. The van der Waals surface area contributed by atoms with Gasteiger partial charge in [-0.15, -0.1) is 0 Å². The SMILES string of the molecule is Cc1nn(-c2ccccc2)c(C)c1/C=C/C(=O)NCCNc1ccccc1[N+](=O)[O-]. The number of nitrogens with one attached hydrogen (secondary N) is 2. The fourth-order valence-corrected chi connectivity index (χ4v) is 3.10. The molecule has 30 heavy (non-hydrogen) atoms. The summed E-state index contributed by atoms with van der Waals surface area (Å²) in [6, 6.07) is 16.2. The van der Waals surface area contributed by atoms with Crippen molar-refractivity contribution in [2.45, 2.75) is 13.8 Å². The second-order valence-corrected chi connectivity index (χ2v) is 6.66. The molecule has 0 fully saturated rings. The number of hydrogen-bond acceptors (Lipinski definition) is 5. The van der Waals surface area contributed by atoms with Crippen LogP contribution in [0.4, 0.5) is 11.4 Å². The average Bonchev–Trinajstić information content (AvgIpc) is 3.04. The maximum absolute atomic E-state index is 12.1. The van der Waals surface area contributed by atoms with Crippen LogP contribution < -0.4 is 10.6 Å². The molecule has 2 aromatic carbocycles. The van der Waals surface area contributed by atoms with E-state index in [9.17, 15) is 14.9 Å². The van der Waals surface area contributed by atoms with E-state index in [0.29, 0.717) is 18.8 Å². The molecular weight excluding hydrogens is 382 g/mol. The van der Waals surface area contributed by atoms with Gasteiger partial charge in [0.25, 0.3) is 5.69 Å². The van der Waals surface area contributed by atoms with Gasteiger partial charge in [-0.05, 0) is 38.1 Å². The van der Waals surface area contributed by atoms with Crippen LogP contribution in [-0.4, -0.2) is 33.7 Å². The number of hydrogen-bond donors (Lipinski definition) is 2. The second kappa shape index (κ2) is 9.51. The lowest BCUT2D eigenvalue weighted by molar-refractivity contribution is -0.384. The van der Waals surface area contributed by atoms with Crippen molar-refractivity contribution in [3.8, 4) is 5.69 Å². The molecule has 1 aromatic heterocycles. The minimum absolute atomic E-state index is 0.00472. The van der Waals surface area contributed by atoms with E-state index in [2.05, 4.69) is 15.7 Å². The van der Waals surface area contributed by atoms with Gasteiger partial charge in [-0.25, -0.2) is 4.68 Å². The Kier molecular flexibility index (Phi) is 6.59. The molecule has 0 bridgehead atoms. The second-order valence-electron chi connectivity index (χ2n) is 6.66. The smallest absolute Gasteiger partial charge is 0.292 e. The number of aromatic nitrogens is 2. The molecule has 154 valence electrons. The number of benzene rings is 2. The third-order valence-corrected chi connectivity index (χ3v) is 4.59. The molecule has 3 aromatic rings. The van der Waals surface area contributed by atoms with Gasteiger partial charge in [-0.2, -0.15) is 5.10 Å². The molecule has 0 atom stereocenters. The lowest BCUT2D eigenvalue weighted by atomic mass is 10.2. The van der Waals surface area contributed by atoms with Gasteiger partial charge in [-0.1, -0.05) is 30.3 Å². The predicted molar refractivity (Wildman–Crippen MR) is 117 cm³/mol. The summed E-state index contributed by atoms with van der Waals surface area (Å²) in [5.41, 5.74) is 4.06. The summed E-state index contributed by atoms with van der Waals surface area (Å²) in [5.74, 6) is -0.245. The van der Waals surface area contributed by atoms with Gasteiger partial charge in [0.2, 0.25) is 5.91 Å². The normalized spacial score (nSPS) is 10.9. The average molecular weight is 405 g/mol. The number of rotatable bonds is 8. The van der Waals surface area contributed by atoms with Gasteiger partial charge in [-0.3, -0.25) is 14.9 Å². The zero-order valence-electron chi connectivity index (χ0n) is 16.8. The highest BCUT2D eigenvalue weighted by Crippen LogP contribution is 2.22. The number of nitro benzene ring substituents is 1.